The SMILES string of the molecule is Nc1ccc(OC2CCC(O)C2)c(F)c1. The van der Waals surface area contributed by atoms with Gasteiger partial charge in [0.05, 0.1) is 6.10 Å². The van der Waals surface area contributed by atoms with Crippen molar-refractivity contribution in [2.24, 2.45) is 0 Å². The van der Waals surface area contributed by atoms with Crippen LogP contribution in [0.1, 0.15) is 19.3 Å². The first-order chi connectivity index (χ1) is 7.15. The van der Waals surface area contributed by atoms with Gasteiger partial charge in [-0.15, -0.1) is 0 Å². The maximum absolute atomic E-state index is 13.3. The molecule has 82 valence electrons. The van der Waals surface area contributed by atoms with Gasteiger partial charge in [0.15, 0.2) is 11.6 Å². The second-order valence-corrected chi connectivity index (χ2v) is 3.90. The fourth-order valence-corrected chi connectivity index (χ4v) is 1.82. The quantitative estimate of drug-likeness (QED) is 0.732. The zero-order valence-corrected chi connectivity index (χ0v) is 8.32. The van der Waals surface area contributed by atoms with E-state index in [1.54, 1.807) is 6.07 Å². The number of benzene rings is 1. The molecule has 4 heteroatoms. The number of aliphatic hydroxyl groups is 1. The van der Waals surface area contributed by atoms with Gasteiger partial charge in [-0.25, -0.2) is 4.39 Å². The maximum Gasteiger partial charge on any atom is 0.167 e. The predicted molar refractivity (Wildman–Crippen MR) is 55.1 cm³/mol. The van der Waals surface area contributed by atoms with Crippen LogP contribution in [0, 0.1) is 5.82 Å². The summed E-state index contributed by atoms with van der Waals surface area (Å²) in [5.74, 6) is -0.236. The summed E-state index contributed by atoms with van der Waals surface area (Å²) in [6, 6.07) is 4.36. The summed E-state index contributed by atoms with van der Waals surface area (Å²) in [6.45, 7) is 0. The third-order valence-electron chi connectivity index (χ3n) is 2.61. The lowest BCUT2D eigenvalue weighted by molar-refractivity contribution is 0.147. The smallest absolute Gasteiger partial charge is 0.167 e. The van der Waals surface area contributed by atoms with E-state index >= 15 is 0 Å². The lowest BCUT2D eigenvalue weighted by Gasteiger charge is -2.13. The first-order valence-electron chi connectivity index (χ1n) is 5.05. The third-order valence-corrected chi connectivity index (χ3v) is 2.61. The monoisotopic (exact) mass is 211 g/mol. The van der Waals surface area contributed by atoms with E-state index in [4.69, 9.17) is 10.5 Å². The molecule has 1 aromatic rings. The van der Waals surface area contributed by atoms with Gasteiger partial charge in [0.1, 0.15) is 6.10 Å². The summed E-state index contributed by atoms with van der Waals surface area (Å²) in [5.41, 5.74) is 5.80. The first kappa shape index (κ1) is 10.2. The maximum atomic E-state index is 13.3. The standard InChI is InChI=1S/C11H14FNO2/c12-10-5-7(13)1-4-11(10)15-9-3-2-8(14)6-9/h1,4-5,8-9,14H,2-3,6,13H2. The highest BCUT2D eigenvalue weighted by molar-refractivity contribution is 5.42. The van der Waals surface area contributed by atoms with E-state index in [-0.39, 0.29) is 18.0 Å². The Morgan fingerprint density at radius 3 is 2.80 bits per heavy atom. The molecule has 0 bridgehead atoms. The van der Waals surface area contributed by atoms with Crippen LogP contribution in [0.5, 0.6) is 5.75 Å². The molecule has 1 aliphatic carbocycles. The average molecular weight is 211 g/mol. The van der Waals surface area contributed by atoms with Crippen molar-refractivity contribution in [2.75, 3.05) is 5.73 Å². The fourth-order valence-electron chi connectivity index (χ4n) is 1.82. The van der Waals surface area contributed by atoms with E-state index in [1.165, 1.54) is 12.1 Å². The number of hydrogen-bond acceptors (Lipinski definition) is 3. The number of ether oxygens (including phenoxy) is 1. The summed E-state index contributed by atoms with van der Waals surface area (Å²) in [4.78, 5) is 0. The minimum absolute atomic E-state index is 0.0851. The molecule has 2 unspecified atom stereocenters. The Bertz CT molecular complexity index is 356. The summed E-state index contributed by atoms with van der Waals surface area (Å²) >= 11 is 0. The van der Waals surface area contributed by atoms with Gasteiger partial charge in [-0.2, -0.15) is 0 Å². The second kappa shape index (κ2) is 4.06. The molecule has 0 aliphatic heterocycles. The Balaban J connectivity index is 2.04. The molecule has 1 aliphatic rings. The van der Waals surface area contributed by atoms with Gasteiger partial charge in [-0.05, 0) is 25.0 Å². The molecule has 15 heavy (non-hydrogen) atoms. The third kappa shape index (κ3) is 2.39. The van der Waals surface area contributed by atoms with Crippen LogP contribution in [0.15, 0.2) is 18.2 Å². The van der Waals surface area contributed by atoms with Gasteiger partial charge in [-0.1, -0.05) is 0 Å². The minimum Gasteiger partial charge on any atom is -0.487 e. The van der Waals surface area contributed by atoms with Crippen molar-refractivity contribution in [2.45, 2.75) is 31.5 Å². The van der Waals surface area contributed by atoms with Crippen molar-refractivity contribution < 1.29 is 14.2 Å². The van der Waals surface area contributed by atoms with Crippen LogP contribution in [0.25, 0.3) is 0 Å². The van der Waals surface area contributed by atoms with Crippen molar-refractivity contribution in [3.05, 3.63) is 24.0 Å². The molecule has 1 aromatic carbocycles. The average Bonchev–Trinajstić information content (AvgIpc) is 2.56. The predicted octanol–water partition coefficient (Wildman–Crippen LogP) is 1.70. The summed E-state index contributed by atoms with van der Waals surface area (Å²) in [7, 11) is 0. The molecule has 0 amide bonds. The topological polar surface area (TPSA) is 55.5 Å². The van der Waals surface area contributed by atoms with E-state index in [0.717, 1.165) is 12.8 Å². The van der Waals surface area contributed by atoms with Crippen LogP contribution in [0.4, 0.5) is 10.1 Å². The van der Waals surface area contributed by atoms with Crippen LogP contribution < -0.4 is 10.5 Å². The summed E-state index contributed by atoms with van der Waals surface area (Å²) < 4.78 is 18.8. The second-order valence-electron chi connectivity index (χ2n) is 3.90. The van der Waals surface area contributed by atoms with Crippen LogP contribution in [0.3, 0.4) is 0 Å². The molecule has 0 spiro atoms. The molecule has 2 atom stereocenters. The first-order valence-corrected chi connectivity index (χ1v) is 5.05. The molecule has 3 nitrogen and oxygen atoms in total. The van der Waals surface area contributed by atoms with Gasteiger partial charge in [-0.3, -0.25) is 0 Å². The van der Waals surface area contributed by atoms with E-state index in [0.29, 0.717) is 12.1 Å². The van der Waals surface area contributed by atoms with E-state index in [1.807, 2.05) is 0 Å². The van der Waals surface area contributed by atoms with Crippen LogP contribution in [-0.4, -0.2) is 17.3 Å². The number of aliphatic hydroxyl groups excluding tert-OH is 1. The number of hydrogen-bond donors (Lipinski definition) is 2. The van der Waals surface area contributed by atoms with Gasteiger partial charge in [0.25, 0.3) is 0 Å². The molecule has 3 N–H and O–H groups in total. The highest BCUT2D eigenvalue weighted by Crippen LogP contribution is 2.27. The van der Waals surface area contributed by atoms with Gasteiger partial charge < -0.3 is 15.6 Å². The van der Waals surface area contributed by atoms with E-state index in [2.05, 4.69) is 0 Å². The van der Waals surface area contributed by atoms with Gasteiger partial charge in [0.2, 0.25) is 0 Å². The minimum atomic E-state index is -0.448. The van der Waals surface area contributed by atoms with Crippen LogP contribution >= 0.6 is 0 Å². The van der Waals surface area contributed by atoms with Crippen molar-refractivity contribution >= 4 is 5.69 Å². The lowest BCUT2D eigenvalue weighted by atomic mass is 10.2. The molecule has 0 radical (unpaired) electrons. The van der Waals surface area contributed by atoms with Crippen LogP contribution in [0.2, 0.25) is 0 Å². The summed E-state index contributed by atoms with van der Waals surface area (Å²) in [6.07, 6.45) is 1.67. The molecular formula is C11H14FNO2. The van der Waals surface area contributed by atoms with Crippen molar-refractivity contribution in [1.82, 2.24) is 0 Å². The number of rotatable bonds is 2. The van der Waals surface area contributed by atoms with Crippen molar-refractivity contribution in [3.8, 4) is 5.75 Å². The number of nitrogens with two attached hydrogens (primary N) is 1. The number of halogens is 1. The van der Waals surface area contributed by atoms with Crippen molar-refractivity contribution in [1.29, 1.82) is 0 Å². The summed E-state index contributed by atoms with van der Waals surface area (Å²) in [5, 5.41) is 9.30. The van der Waals surface area contributed by atoms with Crippen LogP contribution in [-0.2, 0) is 0 Å². The zero-order chi connectivity index (χ0) is 10.8. The normalized spacial score (nSPS) is 25.5. The van der Waals surface area contributed by atoms with E-state index < -0.39 is 5.82 Å². The Labute approximate surface area is 87.7 Å². The van der Waals surface area contributed by atoms with E-state index in [9.17, 15) is 9.50 Å². The lowest BCUT2D eigenvalue weighted by Crippen LogP contribution is -2.14. The molecule has 1 fully saturated rings. The zero-order valence-electron chi connectivity index (χ0n) is 8.32. The van der Waals surface area contributed by atoms with Crippen molar-refractivity contribution in [3.63, 3.8) is 0 Å². The fraction of sp³-hybridized carbons (Fsp3) is 0.455. The molecule has 0 heterocycles. The number of anilines is 1. The highest BCUT2D eigenvalue weighted by atomic mass is 19.1. The number of nitrogen functional groups attached to an aromatic ring is 1. The highest BCUT2D eigenvalue weighted by Gasteiger charge is 2.24. The van der Waals surface area contributed by atoms with Gasteiger partial charge in [0, 0.05) is 18.2 Å². The molecule has 2 rings (SSSR count). The Morgan fingerprint density at radius 2 is 2.20 bits per heavy atom. The molecule has 0 aromatic heterocycles. The largest absolute Gasteiger partial charge is 0.487 e. The Morgan fingerprint density at radius 1 is 1.40 bits per heavy atom. The molecular weight excluding hydrogens is 197 g/mol. The molecule has 0 saturated heterocycles. The Hall–Kier alpha value is -1.29. The molecule has 1 saturated carbocycles. The van der Waals surface area contributed by atoms with Gasteiger partial charge >= 0.3 is 0 Å². The Kier molecular flexibility index (Phi) is 2.77.